The molecular weight excluding hydrogens is 340 g/mol. The highest BCUT2D eigenvalue weighted by molar-refractivity contribution is 8.20. The number of carbonyl (C=O) groups is 1. The molecule has 2 heterocycles. The first-order valence-electron chi connectivity index (χ1n) is 6.81. The van der Waals surface area contributed by atoms with Crippen molar-refractivity contribution < 1.29 is 9.53 Å². The lowest BCUT2D eigenvalue weighted by Crippen LogP contribution is -2.18. The second kappa shape index (κ2) is 8.56. The quantitative estimate of drug-likeness (QED) is 0.512. The smallest absolute Gasteiger partial charge is 0.333 e. The highest BCUT2D eigenvalue weighted by atomic mass is 32.2. The fourth-order valence-electron chi connectivity index (χ4n) is 1.79. The fraction of sp³-hybridized carbons (Fsp3) is 0.533. The number of thioether (sulfide) groups is 3. The Morgan fingerprint density at radius 1 is 1.62 bits per heavy atom. The predicted octanol–water partition coefficient (Wildman–Crippen LogP) is 4.84. The van der Waals surface area contributed by atoms with Gasteiger partial charge in [0.05, 0.1) is 4.58 Å². The van der Waals surface area contributed by atoms with Crippen LogP contribution in [0.4, 0.5) is 0 Å². The third-order valence-electron chi connectivity index (χ3n) is 2.84. The molecule has 1 fully saturated rings. The third-order valence-corrected chi connectivity index (χ3v) is 8.95. The van der Waals surface area contributed by atoms with Gasteiger partial charge in [-0.3, -0.25) is 0 Å². The van der Waals surface area contributed by atoms with Crippen LogP contribution in [0.3, 0.4) is 0 Å². The Morgan fingerprint density at radius 3 is 3.10 bits per heavy atom. The Morgan fingerprint density at radius 2 is 2.43 bits per heavy atom. The summed E-state index contributed by atoms with van der Waals surface area (Å²) in [5.74, 6) is 2.89. The summed E-state index contributed by atoms with van der Waals surface area (Å²) in [4.78, 5) is 12.9. The molecule has 0 radical (unpaired) electrons. The minimum absolute atomic E-state index is 0.0497. The molecule has 3 unspecified atom stereocenters. The first-order chi connectivity index (χ1) is 10.1. The van der Waals surface area contributed by atoms with Crippen molar-refractivity contribution >= 4 is 52.6 Å². The second-order valence-electron chi connectivity index (χ2n) is 4.97. The standard InChI is InChI=1S/C15H20O2S4/c1-10(2)14(16)17-11(3)7-18-8-12-9-20-15(21-12)13-5-4-6-19-13/h4-6,11-12,15H,1,7-9H2,2-3H3. The Bertz CT molecular complexity index is 472. The molecule has 116 valence electrons. The van der Waals surface area contributed by atoms with E-state index in [-0.39, 0.29) is 12.1 Å². The van der Waals surface area contributed by atoms with Crippen molar-refractivity contribution in [3.8, 4) is 0 Å². The molecular formula is C15H20O2S4. The summed E-state index contributed by atoms with van der Waals surface area (Å²) in [5.41, 5.74) is 0.466. The van der Waals surface area contributed by atoms with Gasteiger partial charge in [-0.15, -0.1) is 34.9 Å². The number of hydrogen-bond donors (Lipinski definition) is 0. The van der Waals surface area contributed by atoms with Crippen LogP contribution in [0.5, 0.6) is 0 Å². The molecule has 0 aliphatic carbocycles. The van der Waals surface area contributed by atoms with Gasteiger partial charge in [0.15, 0.2) is 0 Å². The number of esters is 1. The average Bonchev–Trinajstić information content (AvgIpc) is 3.08. The molecule has 1 aliphatic rings. The topological polar surface area (TPSA) is 26.3 Å². The van der Waals surface area contributed by atoms with Gasteiger partial charge < -0.3 is 4.74 Å². The summed E-state index contributed by atoms with van der Waals surface area (Å²) in [7, 11) is 0. The lowest BCUT2D eigenvalue weighted by atomic mass is 10.3. The first-order valence-corrected chi connectivity index (χ1v) is 10.8. The minimum atomic E-state index is -0.286. The van der Waals surface area contributed by atoms with E-state index < -0.39 is 0 Å². The van der Waals surface area contributed by atoms with Gasteiger partial charge in [-0.2, -0.15) is 11.8 Å². The van der Waals surface area contributed by atoms with Crippen molar-refractivity contribution in [1.82, 2.24) is 0 Å². The summed E-state index contributed by atoms with van der Waals surface area (Å²) in [6.07, 6.45) is -0.0497. The lowest BCUT2D eigenvalue weighted by molar-refractivity contribution is -0.142. The fourth-order valence-corrected chi connectivity index (χ4v) is 7.63. The molecule has 0 spiro atoms. The summed E-state index contributed by atoms with van der Waals surface area (Å²) in [6, 6.07) is 4.35. The van der Waals surface area contributed by atoms with E-state index in [2.05, 4.69) is 35.9 Å². The molecule has 2 nitrogen and oxygen atoms in total. The molecule has 21 heavy (non-hydrogen) atoms. The zero-order valence-electron chi connectivity index (χ0n) is 12.2. The Balaban J connectivity index is 1.63. The van der Waals surface area contributed by atoms with E-state index in [0.717, 1.165) is 11.5 Å². The van der Waals surface area contributed by atoms with Gasteiger partial charge in [0.25, 0.3) is 0 Å². The molecule has 0 aromatic carbocycles. The molecule has 6 heteroatoms. The highest BCUT2D eigenvalue weighted by Crippen LogP contribution is 2.51. The molecule has 1 saturated heterocycles. The molecule has 0 saturated carbocycles. The normalized spacial score (nSPS) is 23.0. The van der Waals surface area contributed by atoms with Gasteiger partial charge in [0.1, 0.15) is 6.10 Å². The molecule has 0 amide bonds. The Labute approximate surface area is 143 Å². The number of ether oxygens (including phenoxy) is 1. The number of thiophene rings is 1. The zero-order chi connectivity index (χ0) is 15.2. The SMILES string of the molecule is C=C(C)C(=O)OC(C)CSCC1CSC(c2cccs2)S1. The Kier molecular flexibility index (Phi) is 7.05. The number of hydrogen-bond acceptors (Lipinski definition) is 6. The van der Waals surface area contributed by atoms with E-state index in [1.807, 2.05) is 41.8 Å². The maximum absolute atomic E-state index is 11.4. The van der Waals surface area contributed by atoms with Crippen molar-refractivity contribution in [1.29, 1.82) is 0 Å². The van der Waals surface area contributed by atoms with Crippen LogP contribution in [-0.4, -0.2) is 34.6 Å². The van der Waals surface area contributed by atoms with E-state index in [9.17, 15) is 4.79 Å². The maximum Gasteiger partial charge on any atom is 0.333 e. The molecule has 0 N–H and O–H groups in total. The summed E-state index contributed by atoms with van der Waals surface area (Å²) < 4.78 is 5.89. The predicted molar refractivity (Wildman–Crippen MR) is 98.6 cm³/mol. The third kappa shape index (κ3) is 5.58. The average molecular weight is 361 g/mol. The van der Waals surface area contributed by atoms with Crippen LogP contribution in [-0.2, 0) is 9.53 Å². The van der Waals surface area contributed by atoms with Crippen LogP contribution < -0.4 is 0 Å². The summed E-state index contributed by atoms with van der Waals surface area (Å²) in [6.45, 7) is 7.22. The maximum atomic E-state index is 11.4. The van der Waals surface area contributed by atoms with Crippen molar-refractivity contribution in [2.45, 2.75) is 29.8 Å². The summed E-state index contributed by atoms with van der Waals surface area (Å²) in [5, 5.41) is 2.84. The van der Waals surface area contributed by atoms with Crippen molar-refractivity contribution in [2.75, 3.05) is 17.3 Å². The zero-order valence-corrected chi connectivity index (χ0v) is 15.5. The van der Waals surface area contributed by atoms with E-state index in [0.29, 0.717) is 15.4 Å². The van der Waals surface area contributed by atoms with Gasteiger partial charge in [-0.05, 0) is 25.3 Å². The highest BCUT2D eigenvalue weighted by Gasteiger charge is 2.27. The van der Waals surface area contributed by atoms with Gasteiger partial charge >= 0.3 is 5.97 Å². The number of rotatable bonds is 7. The molecule has 1 aromatic heterocycles. The van der Waals surface area contributed by atoms with E-state index in [1.54, 1.807) is 6.92 Å². The van der Waals surface area contributed by atoms with E-state index in [4.69, 9.17) is 4.74 Å². The van der Waals surface area contributed by atoms with Crippen LogP contribution in [0.15, 0.2) is 29.7 Å². The monoisotopic (exact) mass is 360 g/mol. The van der Waals surface area contributed by atoms with Crippen molar-refractivity contribution in [3.05, 3.63) is 34.5 Å². The van der Waals surface area contributed by atoms with Gasteiger partial charge in [-0.25, -0.2) is 4.79 Å². The van der Waals surface area contributed by atoms with Gasteiger partial charge in [0, 0.05) is 33.0 Å². The van der Waals surface area contributed by atoms with Crippen LogP contribution in [0.25, 0.3) is 0 Å². The number of carbonyl (C=O) groups excluding carboxylic acids is 1. The minimum Gasteiger partial charge on any atom is -0.458 e. The van der Waals surface area contributed by atoms with Crippen LogP contribution in [0, 0.1) is 0 Å². The molecule has 1 aromatic rings. The molecule has 3 atom stereocenters. The largest absolute Gasteiger partial charge is 0.458 e. The molecule has 0 bridgehead atoms. The first kappa shape index (κ1) is 17.3. The van der Waals surface area contributed by atoms with Crippen LogP contribution in [0.2, 0.25) is 0 Å². The van der Waals surface area contributed by atoms with E-state index in [1.165, 1.54) is 10.6 Å². The van der Waals surface area contributed by atoms with Gasteiger partial charge in [-0.1, -0.05) is 12.6 Å². The molecule has 1 aliphatic heterocycles. The van der Waals surface area contributed by atoms with E-state index >= 15 is 0 Å². The summed E-state index contributed by atoms with van der Waals surface area (Å²) >= 11 is 7.83. The van der Waals surface area contributed by atoms with Crippen molar-refractivity contribution in [2.24, 2.45) is 0 Å². The Hall–Kier alpha value is -0.0400. The second-order valence-corrected chi connectivity index (χ2v) is 9.87. The molecule has 2 rings (SSSR count). The van der Waals surface area contributed by atoms with Crippen LogP contribution >= 0.6 is 46.6 Å². The van der Waals surface area contributed by atoms with Crippen molar-refractivity contribution in [3.63, 3.8) is 0 Å². The lowest BCUT2D eigenvalue weighted by Gasteiger charge is -2.14. The van der Waals surface area contributed by atoms with Crippen LogP contribution in [0.1, 0.15) is 23.3 Å². The van der Waals surface area contributed by atoms with Gasteiger partial charge in [0.2, 0.25) is 0 Å².